The number of unbranched alkanes of at least 4 members (excludes halogenated alkanes) is 6. The first kappa shape index (κ1) is 27.1. The van der Waals surface area contributed by atoms with Crippen LogP contribution >= 0.6 is 11.8 Å². The first-order valence-corrected chi connectivity index (χ1v) is 15.3. The lowest BCUT2D eigenvalue weighted by Gasteiger charge is -2.34. The van der Waals surface area contributed by atoms with Gasteiger partial charge in [-0.2, -0.15) is 8.42 Å². The molecule has 1 aliphatic rings. The molecule has 1 N–H and O–H groups in total. The summed E-state index contributed by atoms with van der Waals surface area (Å²) in [4.78, 5) is 4.72. The molecule has 4 nitrogen and oxygen atoms in total. The van der Waals surface area contributed by atoms with Gasteiger partial charge in [-0.05, 0) is 74.4 Å². The zero-order valence-electron chi connectivity index (χ0n) is 21.1. The van der Waals surface area contributed by atoms with Gasteiger partial charge in [-0.1, -0.05) is 76.3 Å². The molecule has 0 amide bonds. The molecule has 34 heavy (non-hydrogen) atoms. The lowest BCUT2D eigenvalue weighted by molar-refractivity contribution is 0.466. The summed E-state index contributed by atoms with van der Waals surface area (Å²) in [5, 5.41) is -0.787. The van der Waals surface area contributed by atoms with Crippen LogP contribution in [0.4, 0.5) is 11.4 Å². The molecule has 2 aromatic carbocycles. The van der Waals surface area contributed by atoms with E-state index in [0.29, 0.717) is 13.0 Å². The fourth-order valence-corrected chi connectivity index (χ4v) is 6.12. The summed E-state index contributed by atoms with van der Waals surface area (Å²) < 4.78 is 32.7. The summed E-state index contributed by atoms with van der Waals surface area (Å²) in [6.45, 7) is 6.60. The van der Waals surface area contributed by atoms with Crippen LogP contribution in [0.15, 0.2) is 46.2 Å². The van der Waals surface area contributed by atoms with Crippen molar-refractivity contribution >= 4 is 33.3 Å². The molecule has 0 aliphatic carbocycles. The van der Waals surface area contributed by atoms with Crippen molar-refractivity contribution in [1.29, 1.82) is 0 Å². The van der Waals surface area contributed by atoms with E-state index in [1.165, 1.54) is 72.3 Å². The number of anilines is 2. The third kappa shape index (κ3) is 7.50. The zero-order valence-corrected chi connectivity index (χ0v) is 22.7. The monoisotopic (exact) mass is 503 g/mol. The van der Waals surface area contributed by atoms with Crippen LogP contribution < -0.4 is 4.90 Å². The van der Waals surface area contributed by atoms with Crippen molar-refractivity contribution in [1.82, 2.24) is 0 Å². The van der Waals surface area contributed by atoms with Gasteiger partial charge < -0.3 is 4.90 Å². The van der Waals surface area contributed by atoms with Crippen molar-refractivity contribution in [2.24, 2.45) is 0 Å². The smallest absolute Gasteiger partial charge is 0.267 e. The minimum atomic E-state index is -4.03. The summed E-state index contributed by atoms with van der Waals surface area (Å²) >= 11 is 1.83. The lowest BCUT2D eigenvalue weighted by atomic mass is 10.0. The SMILES string of the molecule is CCCCCCc1ccc2c(c1)Sc1cc(CCCCCC)ccc1N2CCC(C)S(=O)(=O)O. The third-order valence-electron chi connectivity index (χ3n) is 6.76. The normalized spacial score (nSPS) is 14.1. The number of aryl methyl sites for hydroxylation is 2. The standard InChI is InChI=1S/C28H41NO3S2/c1-4-6-8-10-12-23-14-16-25-27(20-23)33-28-21-24(13-11-9-7-5-2)15-17-26(28)29(25)19-18-22(3)34(30,31)32/h14-17,20-22H,4-13,18-19H2,1-3H3,(H,30,31,32). The van der Waals surface area contributed by atoms with E-state index >= 15 is 0 Å². The Morgan fingerprint density at radius 2 is 1.32 bits per heavy atom. The van der Waals surface area contributed by atoms with Crippen LogP contribution in [0.2, 0.25) is 0 Å². The van der Waals surface area contributed by atoms with Crippen molar-refractivity contribution < 1.29 is 13.0 Å². The lowest BCUT2D eigenvalue weighted by Crippen LogP contribution is -2.27. The molecule has 1 atom stereocenters. The van der Waals surface area contributed by atoms with Gasteiger partial charge >= 0.3 is 0 Å². The van der Waals surface area contributed by atoms with E-state index in [2.05, 4.69) is 55.1 Å². The zero-order chi connectivity index (χ0) is 24.6. The first-order valence-electron chi connectivity index (χ1n) is 13.0. The number of hydrogen-bond donors (Lipinski definition) is 1. The van der Waals surface area contributed by atoms with Gasteiger partial charge in [-0.15, -0.1) is 0 Å². The molecule has 0 saturated heterocycles. The second-order valence-electron chi connectivity index (χ2n) is 9.59. The van der Waals surface area contributed by atoms with E-state index in [-0.39, 0.29) is 0 Å². The number of nitrogens with zero attached hydrogens (tertiary/aromatic N) is 1. The molecule has 2 aromatic rings. The van der Waals surface area contributed by atoms with Gasteiger partial charge in [0.15, 0.2) is 0 Å². The minimum Gasteiger partial charge on any atom is -0.340 e. The summed E-state index contributed by atoms with van der Waals surface area (Å²) in [5.41, 5.74) is 5.00. The maximum absolute atomic E-state index is 11.6. The Labute approximate surface area is 211 Å². The van der Waals surface area contributed by atoms with Gasteiger partial charge in [-0.25, -0.2) is 0 Å². The van der Waals surface area contributed by atoms with E-state index in [1.807, 2.05) is 11.8 Å². The Morgan fingerprint density at radius 3 is 1.76 bits per heavy atom. The number of benzene rings is 2. The van der Waals surface area contributed by atoms with E-state index in [0.717, 1.165) is 24.2 Å². The van der Waals surface area contributed by atoms with Gasteiger partial charge in [0.05, 0.1) is 16.6 Å². The van der Waals surface area contributed by atoms with Gasteiger partial charge in [-0.3, -0.25) is 4.55 Å². The van der Waals surface area contributed by atoms with Gasteiger partial charge in [0, 0.05) is 16.3 Å². The fourth-order valence-electron chi connectivity index (χ4n) is 4.50. The maximum Gasteiger partial charge on any atom is 0.267 e. The van der Waals surface area contributed by atoms with Crippen LogP contribution in [0, 0.1) is 0 Å². The van der Waals surface area contributed by atoms with Gasteiger partial charge in [0.2, 0.25) is 0 Å². The highest BCUT2D eigenvalue weighted by Gasteiger charge is 2.26. The molecule has 0 spiro atoms. The largest absolute Gasteiger partial charge is 0.340 e. The molecule has 1 aliphatic heterocycles. The molecular weight excluding hydrogens is 462 g/mol. The highest BCUT2D eigenvalue weighted by molar-refractivity contribution is 7.99. The third-order valence-corrected chi connectivity index (χ3v) is 9.10. The van der Waals surface area contributed by atoms with Crippen LogP contribution in [0.1, 0.15) is 89.7 Å². The van der Waals surface area contributed by atoms with Crippen LogP contribution in [0.3, 0.4) is 0 Å². The summed E-state index contributed by atoms with van der Waals surface area (Å²) in [5.74, 6) is 0. The molecule has 0 saturated carbocycles. The van der Waals surface area contributed by atoms with Crippen molar-refractivity contribution in [3.8, 4) is 0 Å². The highest BCUT2D eigenvalue weighted by Crippen LogP contribution is 2.49. The van der Waals surface area contributed by atoms with E-state index < -0.39 is 15.4 Å². The van der Waals surface area contributed by atoms with Crippen molar-refractivity contribution in [3.63, 3.8) is 0 Å². The number of rotatable bonds is 14. The Balaban J connectivity index is 1.84. The minimum absolute atomic E-state index is 0.375. The van der Waals surface area contributed by atoms with Crippen LogP contribution in [-0.4, -0.2) is 24.8 Å². The molecule has 0 bridgehead atoms. The Hall–Kier alpha value is -1.50. The van der Waals surface area contributed by atoms with Crippen LogP contribution in [0.25, 0.3) is 0 Å². The Morgan fingerprint density at radius 1 is 0.824 bits per heavy atom. The van der Waals surface area contributed by atoms with E-state index in [1.54, 1.807) is 6.92 Å². The summed E-state index contributed by atoms with van der Waals surface area (Å²) in [7, 11) is -4.03. The second-order valence-corrected chi connectivity index (χ2v) is 12.5. The Bertz CT molecular complexity index is 974. The van der Waals surface area contributed by atoms with Crippen molar-refractivity contribution in [2.75, 3.05) is 11.4 Å². The molecular formula is C28H41NO3S2. The molecule has 1 unspecified atom stereocenters. The molecule has 3 rings (SSSR count). The molecule has 0 fully saturated rings. The van der Waals surface area contributed by atoms with Gasteiger partial charge in [0.25, 0.3) is 10.1 Å². The second kappa shape index (κ2) is 13.0. The summed E-state index contributed by atoms with van der Waals surface area (Å²) in [6, 6.07) is 13.5. The summed E-state index contributed by atoms with van der Waals surface area (Å²) in [6.07, 6.45) is 12.6. The average molecular weight is 504 g/mol. The molecule has 188 valence electrons. The highest BCUT2D eigenvalue weighted by atomic mass is 32.2. The molecule has 6 heteroatoms. The van der Waals surface area contributed by atoms with Gasteiger partial charge in [0.1, 0.15) is 0 Å². The predicted molar refractivity (Wildman–Crippen MR) is 145 cm³/mol. The van der Waals surface area contributed by atoms with E-state index in [4.69, 9.17) is 0 Å². The fraction of sp³-hybridized carbons (Fsp3) is 0.571. The van der Waals surface area contributed by atoms with Crippen LogP contribution in [-0.2, 0) is 23.0 Å². The average Bonchev–Trinajstić information content (AvgIpc) is 2.81. The quantitative estimate of drug-likeness (QED) is 0.208. The predicted octanol–water partition coefficient (Wildman–Crippen LogP) is 8.20. The van der Waals surface area contributed by atoms with Crippen molar-refractivity contribution in [3.05, 3.63) is 47.5 Å². The van der Waals surface area contributed by atoms with E-state index in [9.17, 15) is 13.0 Å². The molecule has 1 heterocycles. The number of hydrogen-bond acceptors (Lipinski definition) is 4. The molecule has 0 radical (unpaired) electrons. The topological polar surface area (TPSA) is 57.6 Å². The van der Waals surface area contributed by atoms with Crippen molar-refractivity contribution in [2.45, 2.75) is 106 Å². The Kier molecular flexibility index (Phi) is 10.3. The first-order chi connectivity index (χ1) is 16.3. The molecule has 0 aromatic heterocycles. The maximum atomic E-state index is 11.6. The number of fused-ring (bicyclic) bond motifs is 2. The van der Waals surface area contributed by atoms with Crippen LogP contribution in [0.5, 0.6) is 0 Å².